The van der Waals surface area contributed by atoms with Crippen molar-refractivity contribution in [2.24, 2.45) is 0 Å². The Kier molecular flexibility index (Phi) is 5.78. The van der Waals surface area contributed by atoms with Gasteiger partial charge in [-0.05, 0) is 6.42 Å². The minimum atomic E-state index is -3.84. The first kappa shape index (κ1) is 11.1. The Morgan fingerprint density at radius 1 is 1.36 bits per heavy atom. The van der Waals surface area contributed by atoms with E-state index < -0.39 is 7.60 Å². The van der Waals surface area contributed by atoms with Crippen molar-refractivity contribution in [2.75, 3.05) is 19.4 Å². The molecule has 0 fully saturated rings. The third-order valence-corrected chi connectivity index (χ3v) is 1.93. The maximum absolute atomic E-state index is 10.3. The average molecular weight is 182 g/mol. The third-order valence-electron chi connectivity index (χ3n) is 1.17. The van der Waals surface area contributed by atoms with E-state index in [0.717, 1.165) is 12.8 Å². The molecule has 0 spiro atoms. The van der Waals surface area contributed by atoms with Gasteiger partial charge in [-0.15, -0.1) is 0 Å². The van der Waals surface area contributed by atoms with Crippen molar-refractivity contribution >= 4 is 7.60 Å². The molecule has 0 aromatic carbocycles. The van der Waals surface area contributed by atoms with Gasteiger partial charge in [0.1, 0.15) is 0 Å². The Bertz CT molecular complexity index is 131. The lowest BCUT2D eigenvalue weighted by Gasteiger charge is -2.03. The second kappa shape index (κ2) is 5.72. The van der Waals surface area contributed by atoms with Gasteiger partial charge in [0.2, 0.25) is 0 Å². The molecule has 0 aliphatic carbocycles. The molecule has 0 aromatic heterocycles. The normalized spacial score (nSPS) is 11.9. The van der Waals surface area contributed by atoms with E-state index in [1.807, 2.05) is 6.92 Å². The lowest BCUT2D eigenvalue weighted by atomic mass is 10.4. The first-order valence-electron chi connectivity index (χ1n) is 3.68. The fourth-order valence-corrected chi connectivity index (χ4v) is 0.899. The maximum atomic E-state index is 10.3. The summed E-state index contributed by atoms with van der Waals surface area (Å²) in [4.78, 5) is 16.8. The number of unbranched alkanes of at least 4 members (excludes halogenated alkanes) is 1. The molecule has 0 bridgehead atoms. The summed E-state index contributed by atoms with van der Waals surface area (Å²) in [5, 5.41) is 0. The summed E-state index contributed by atoms with van der Waals surface area (Å²) in [7, 11) is -3.84. The molecule has 11 heavy (non-hydrogen) atoms. The highest BCUT2D eigenvalue weighted by Gasteiger charge is 2.11. The van der Waals surface area contributed by atoms with Crippen LogP contribution < -0.4 is 0 Å². The number of hydrogen-bond donors (Lipinski definition) is 2. The molecule has 68 valence electrons. The Morgan fingerprint density at radius 2 is 2.00 bits per heavy atom. The quantitative estimate of drug-likeness (QED) is 0.474. The van der Waals surface area contributed by atoms with Gasteiger partial charge < -0.3 is 14.5 Å². The van der Waals surface area contributed by atoms with Crippen molar-refractivity contribution in [3.05, 3.63) is 0 Å². The zero-order valence-electron chi connectivity index (χ0n) is 6.69. The minimum Gasteiger partial charge on any atom is -0.381 e. The zero-order valence-corrected chi connectivity index (χ0v) is 7.59. The van der Waals surface area contributed by atoms with Crippen LogP contribution in [0.25, 0.3) is 0 Å². The Hall–Kier alpha value is 0.110. The summed E-state index contributed by atoms with van der Waals surface area (Å²) in [5.41, 5.74) is 0. The van der Waals surface area contributed by atoms with E-state index in [1.165, 1.54) is 0 Å². The van der Waals surface area contributed by atoms with E-state index in [2.05, 4.69) is 0 Å². The van der Waals surface area contributed by atoms with E-state index in [1.54, 1.807) is 0 Å². The molecule has 5 heteroatoms. The van der Waals surface area contributed by atoms with E-state index in [-0.39, 0.29) is 12.8 Å². The van der Waals surface area contributed by atoms with E-state index in [0.29, 0.717) is 6.61 Å². The monoisotopic (exact) mass is 182 g/mol. The SMILES string of the molecule is CCCCOCCP(=O)(O)O. The van der Waals surface area contributed by atoms with Crippen LogP contribution in [-0.4, -0.2) is 29.2 Å². The summed E-state index contributed by atoms with van der Waals surface area (Å²) in [6.45, 7) is 2.78. The lowest BCUT2D eigenvalue weighted by molar-refractivity contribution is 0.142. The second-order valence-corrected chi connectivity index (χ2v) is 4.13. The fraction of sp³-hybridized carbons (Fsp3) is 1.00. The summed E-state index contributed by atoms with van der Waals surface area (Å²) in [6.07, 6.45) is 1.81. The van der Waals surface area contributed by atoms with Crippen molar-refractivity contribution in [3.63, 3.8) is 0 Å². The van der Waals surface area contributed by atoms with Crippen LogP contribution in [0.5, 0.6) is 0 Å². The average Bonchev–Trinajstić information content (AvgIpc) is 1.85. The van der Waals surface area contributed by atoms with Crippen LogP contribution in [0.1, 0.15) is 19.8 Å². The van der Waals surface area contributed by atoms with Crippen LogP contribution >= 0.6 is 7.60 Å². The Morgan fingerprint density at radius 3 is 2.45 bits per heavy atom. The van der Waals surface area contributed by atoms with E-state index >= 15 is 0 Å². The molecule has 0 amide bonds. The summed E-state index contributed by atoms with van der Waals surface area (Å²) in [6, 6.07) is 0. The molecule has 0 heterocycles. The van der Waals surface area contributed by atoms with Gasteiger partial charge in [-0.3, -0.25) is 4.57 Å². The molecule has 0 aliphatic rings. The molecule has 0 saturated heterocycles. The van der Waals surface area contributed by atoms with Crippen LogP contribution in [-0.2, 0) is 9.30 Å². The second-order valence-electron chi connectivity index (χ2n) is 2.35. The first-order valence-corrected chi connectivity index (χ1v) is 5.48. The highest BCUT2D eigenvalue weighted by molar-refractivity contribution is 7.51. The predicted molar refractivity (Wildman–Crippen MR) is 42.6 cm³/mol. The Balaban J connectivity index is 3.09. The van der Waals surface area contributed by atoms with Gasteiger partial charge in [0.25, 0.3) is 0 Å². The van der Waals surface area contributed by atoms with Crippen molar-refractivity contribution in [2.45, 2.75) is 19.8 Å². The summed E-state index contributed by atoms with van der Waals surface area (Å²) in [5.74, 6) is 0. The van der Waals surface area contributed by atoms with Crippen LogP contribution in [0.15, 0.2) is 0 Å². The first-order chi connectivity index (χ1) is 5.06. The fourth-order valence-electron chi connectivity index (χ4n) is 0.532. The molecule has 0 aromatic rings. The third kappa shape index (κ3) is 10.1. The van der Waals surface area contributed by atoms with Gasteiger partial charge in [-0.25, -0.2) is 0 Å². The molecular formula is C6H15O4P. The molecule has 0 unspecified atom stereocenters. The molecule has 0 saturated carbocycles. The van der Waals surface area contributed by atoms with Gasteiger partial charge in [0, 0.05) is 6.61 Å². The van der Waals surface area contributed by atoms with Gasteiger partial charge in [-0.2, -0.15) is 0 Å². The number of rotatable bonds is 6. The molecule has 0 aliphatic heterocycles. The van der Waals surface area contributed by atoms with Crippen LogP contribution in [0.2, 0.25) is 0 Å². The van der Waals surface area contributed by atoms with Crippen molar-refractivity contribution < 1.29 is 19.1 Å². The van der Waals surface area contributed by atoms with Crippen molar-refractivity contribution in [3.8, 4) is 0 Å². The van der Waals surface area contributed by atoms with Gasteiger partial charge in [0.05, 0.1) is 12.8 Å². The van der Waals surface area contributed by atoms with E-state index in [4.69, 9.17) is 14.5 Å². The topological polar surface area (TPSA) is 66.8 Å². The van der Waals surface area contributed by atoms with Crippen molar-refractivity contribution in [1.82, 2.24) is 0 Å². The van der Waals surface area contributed by atoms with Crippen LogP contribution in [0.3, 0.4) is 0 Å². The molecule has 0 atom stereocenters. The molecule has 0 rings (SSSR count). The highest BCUT2D eigenvalue weighted by atomic mass is 31.2. The zero-order chi connectivity index (χ0) is 8.74. The molecular weight excluding hydrogens is 167 g/mol. The van der Waals surface area contributed by atoms with Crippen molar-refractivity contribution in [1.29, 1.82) is 0 Å². The number of hydrogen-bond acceptors (Lipinski definition) is 2. The molecule has 4 nitrogen and oxygen atoms in total. The summed E-state index contributed by atoms with van der Waals surface area (Å²) < 4.78 is 15.2. The highest BCUT2D eigenvalue weighted by Crippen LogP contribution is 2.33. The minimum absolute atomic E-state index is 0.157. The molecule has 2 N–H and O–H groups in total. The smallest absolute Gasteiger partial charge is 0.327 e. The van der Waals surface area contributed by atoms with E-state index in [9.17, 15) is 4.57 Å². The number of ether oxygens (including phenoxy) is 1. The maximum Gasteiger partial charge on any atom is 0.327 e. The van der Waals surface area contributed by atoms with Crippen LogP contribution in [0.4, 0.5) is 0 Å². The molecule has 0 radical (unpaired) electrons. The van der Waals surface area contributed by atoms with Gasteiger partial charge in [-0.1, -0.05) is 13.3 Å². The van der Waals surface area contributed by atoms with Gasteiger partial charge >= 0.3 is 7.60 Å². The Labute approximate surface area is 66.7 Å². The summed E-state index contributed by atoms with van der Waals surface area (Å²) >= 11 is 0. The standard InChI is InChI=1S/C6H15O4P/c1-2-3-4-10-5-6-11(7,8)9/h2-6H2,1H3,(H2,7,8,9). The van der Waals surface area contributed by atoms with Gasteiger partial charge in [0.15, 0.2) is 0 Å². The lowest BCUT2D eigenvalue weighted by Crippen LogP contribution is -2.01. The largest absolute Gasteiger partial charge is 0.381 e. The van der Waals surface area contributed by atoms with Crippen LogP contribution in [0, 0.1) is 0 Å². The predicted octanol–water partition coefficient (Wildman–Crippen LogP) is 0.981.